The highest BCUT2D eigenvalue weighted by atomic mass is 35.5. The monoisotopic (exact) mass is 405 g/mol. The number of hydrogen-bond donors (Lipinski definition) is 1. The molecule has 1 saturated heterocycles. The van der Waals surface area contributed by atoms with Crippen LogP contribution in [0.5, 0.6) is 5.75 Å². The molecule has 148 valence electrons. The largest absolute Gasteiger partial charge is 0.507 e. The molecule has 1 amide bonds. The highest BCUT2D eigenvalue weighted by Gasteiger charge is 2.47. The molecule has 1 aliphatic heterocycles. The van der Waals surface area contributed by atoms with Crippen LogP contribution in [-0.4, -0.2) is 49.1 Å². The number of halogens is 1. The number of hydrogen-bond acceptors (Lipinski definition) is 6. The highest BCUT2D eigenvalue weighted by Crippen LogP contribution is 2.40. The molecule has 7 nitrogen and oxygen atoms in total. The molecule has 0 aliphatic carbocycles. The Kier molecular flexibility index (Phi) is 6.06. The van der Waals surface area contributed by atoms with Gasteiger partial charge >= 0.3 is 0 Å². The summed E-state index contributed by atoms with van der Waals surface area (Å²) in [4.78, 5) is 26.7. The second-order valence-electron chi connectivity index (χ2n) is 6.20. The zero-order valence-corrected chi connectivity index (χ0v) is 16.2. The van der Waals surface area contributed by atoms with Gasteiger partial charge < -0.3 is 23.9 Å². The summed E-state index contributed by atoms with van der Waals surface area (Å²) in [7, 11) is 3.04. The van der Waals surface area contributed by atoms with Crippen molar-refractivity contribution in [1.82, 2.24) is 4.90 Å². The third-order valence-corrected chi connectivity index (χ3v) is 4.82. The molecule has 1 unspecified atom stereocenters. The van der Waals surface area contributed by atoms with E-state index < -0.39 is 17.7 Å². The molecule has 1 aliphatic rings. The lowest BCUT2D eigenvalue weighted by molar-refractivity contribution is -0.140. The third kappa shape index (κ3) is 3.63. The van der Waals surface area contributed by atoms with Crippen molar-refractivity contribution in [3.8, 4) is 5.75 Å². The van der Waals surface area contributed by atoms with Gasteiger partial charge in [0.15, 0.2) is 0 Å². The normalized spacial score (nSPS) is 18.7. The van der Waals surface area contributed by atoms with E-state index in [1.807, 2.05) is 0 Å². The molecular formula is C20H20ClNO6. The molecule has 3 rings (SSSR count). The number of carbonyl (C=O) groups excluding carboxylic acids is 2. The van der Waals surface area contributed by atoms with Crippen molar-refractivity contribution >= 4 is 29.1 Å². The van der Waals surface area contributed by atoms with Crippen molar-refractivity contribution in [2.24, 2.45) is 0 Å². The molecule has 28 heavy (non-hydrogen) atoms. The van der Waals surface area contributed by atoms with Gasteiger partial charge in [-0.25, -0.2) is 0 Å². The number of aliphatic hydroxyl groups is 1. The fraction of sp³-hybridized carbons (Fsp3) is 0.300. The molecule has 2 heterocycles. The van der Waals surface area contributed by atoms with Crippen LogP contribution in [0.4, 0.5) is 0 Å². The second-order valence-corrected chi connectivity index (χ2v) is 6.61. The summed E-state index contributed by atoms with van der Waals surface area (Å²) in [6.07, 6.45) is 1.99. The number of likely N-dealkylation sites (tertiary alicyclic amines) is 1. The first-order valence-electron chi connectivity index (χ1n) is 8.64. The lowest BCUT2D eigenvalue weighted by Crippen LogP contribution is -2.31. The number of furan rings is 1. The predicted octanol–water partition coefficient (Wildman–Crippen LogP) is 3.40. The summed E-state index contributed by atoms with van der Waals surface area (Å²) in [6, 6.07) is 7.12. The van der Waals surface area contributed by atoms with Crippen LogP contribution in [-0.2, 0) is 14.3 Å². The average molecular weight is 406 g/mol. The van der Waals surface area contributed by atoms with Gasteiger partial charge in [0.05, 0.1) is 24.0 Å². The maximum atomic E-state index is 12.7. The van der Waals surface area contributed by atoms with Crippen LogP contribution >= 0.6 is 11.6 Å². The Morgan fingerprint density at radius 1 is 1.29 bits per heavy atom. The van der Waals surface area contributed by atoms with E-state index in [1.54, 1.807) is 31.4 Å². The topological polar surface area (TPSA) is 89.2 Å². The molecule has 2 aromatic rings. The molecule has 0 spiro atoms. The van der Waals surface area contributed by atoms with Gasteiger partial charge in [-0.2, -0.15) is 0 Å². The minimum absolute atomic E-state index is 0.0430. The molecule has 0 bridgehead atoms. The van der Waals surface area contributed by atoms with Crippen LogP contribution in [0.2, 0.25) is 5.02 Å². The molecule has 1 aromatic carbocycles. The summed E-state index contributed by atoms with van der Waals surface area (Å²) in [5.74, 6) is -0.973. The number of ether oxygens (including phenoxy) is 2. The first kappa shape index (κ1) is 20.0. The van der Waals surface area contributed by atoms with Crippen LogP contribution in [0.25, 0.3) is 5.76 Å². The van der Waals surface area contributed by atoms with E-state index in [0.717, 1.165) is 0 Å². The Morgan fingerprint density at radius 3 is 2.68 bits per heavy atom. The maximum Gasteiger partial charge on any atom is 0.295 e. The molecule has 1 N–H and O–H groups in total. The Bertz CT molecular complexity index is 905. The second kappa shape index (κ2) is 8.50. The smallest absolute Gasteiger partial charge is 0.295 e. The van der Waals surface area contributed by atoms with Gasteiger partial charge in [0.2, 0.25) is 0 Å². The number of aliphatic hydroxyl groups excluding tert-OH is 1. The number of nitrogens with zero attached hydrogens (tertiary/aromatic N) is 1. The number of ketones is 1. The van der Waals surface area contributed by atoms with E-state index in [-0.39, 0.29) is 22.9 Å². The van der Waals surface area contributed by atoms with Crippen LogP contribution in [0, 0.1) is 0 Å². The fourth-order valence-electron chi connectivity index (χ4n) is 3.20. The molecule has 1 aromatic heterocycles. The summed E-state index contributed by atoms with van der Waals surface area (Å²) >= 11 is 6.14. The lowest BCUT2D eigenvalue weighted by atomic mass is 9.99. The van der Waals surface area contributed by atoms with Crippen molar-refractivity contribution in [2.75, 3.05) is 27.4 Å². The molecule has 1 fully saturated rings. The molecular weight excluding hydrogens is 386 g/mol. The number of benzene rings is 1. The summed E-state index contributed by atoms with van der Waals surface area (Å²) in [6.45, 7) is 0.714. The van der Waals surface area contributed by atoms with Gasteiger partial charge in [-0.3, -0.25) is 9.59 Å². The maximum absolute atomic E-state index is 12.7. The quantitative estimate of drug-likeness (QED) is 0.328. The zero-order valence-electron chi connectivity index (χ0n) is 15.5. The van der Waals surface area contributed by atoms with E-state index >= 15 is 0 Å². The fourth-order valence-corrected chi connectivity index (χ4v) is 3.46. The number of methoxy groups -OCH3 is 2. The molecule has 8 heteroatoms. The van der Waals surface area contributed by atoms with E-state index in [9.17, 15) is 14.7 Å². The zero-order chi connectivity index (χ0) is 20.3. The van der Waals surface area contributed by atoms with Gasteiger partial charge in [0.25, 0.3) is 11.7 Å². The standard InChI is InChI=1S/C20H20ClNO6/c1-26-9-4-8-22-17(15-5-3-10-28-15)16(19(24)20(22)25)18(23)12-6-7-14(27-2)13(21)11-12/h3,5-7,10-11,17,23H,4,8-9H2,1-2H3/b18-16-. The predicted molar refractivity (Wildman–Crippen MR) is 102 cm³/mol. The molecule has 0 radical (unpaired) electrons. The lowest BCUT2D eigenvalue weighted by Gasteiger charge is -2.23. The number of Topliss-reactive ketones (excluding diaryl/α,β-unsaturated/α-hetero) is 1. The van der Waals surface area contributed by atoms with Gasteiger partial charge in [0, 0.05) is 25.8 Å². The van der Waals surface area contributed by atoms with Crippen molar-refractivity contribution in [2.45, 2.75) is 12.5 Å². The van der Waals surface area contributed by atoms with Crippen LogP contribution in [0.15, 0.2) is 46.6 Å². The highest BCUT2D eigenvalue weighted by molar-refractivity contribution is 6.46. The molecule has 1 atom stereocenters. The SMILES string of the molecule is COCCCN1C(=O)C(=O)/C(=C(\O)c2ccc(OC)c(Cl)c2)C1c1ccco1. The van der Waals surface area contributed by atoms with Crippen LogP contribution < -0.4 is 4.74 Å². The van der Waals surface area contributed by atoms with Crippen LogP contribution in [0.3, 0.4) is 0 Å². The van der Waals surface area contributed by atoms with Gasteiger partial charge in [-0.1, -0.05) is 11.6 Å². The first-order valence-corrected chi connectivity index (χ1v) is 9.02. The van der Waals surface area contributed by atoms with E-state index in [0.29, 0.717) is 30.1 Å². The van der Waals surface area contributed by atoms with Crippen LogP contribution in [0.1, 0.15) is 23.8 Å². The minimum atomic E-state index is -0.826. The Hall–Kier alpha value is -2.77. The number of amides is 1. The summed E-state index contributed by atoms with van der Waals surface area (Å²) < 4.78 is 15.6. The molecule has 0 saturated carbocycles. The minimum Gasteiger partial charge on any atom is -0.507 e. The third-order valence-electron chi connectivity index (χ3n) is 4.53. The van der Waals surface area contributed by atoms with Gasteiger partial charge in [-0.15, -0.1) is 0 Å². The Balaban J connectivity index is 2.08. The summed E-state index contributed by atoms with van der Waals surface area (Å²) in [5, 5.41) is 11.1. The van der Waals surface area contributed by atoms with Crippen molar-refractivity contribution in [1.29, 1.82) is 0 Å². The average Bonchev–Trinajstić information content (AvgIpc) is 3.30. The van der Waals surface area contributed by atoms with Gasteiger partial charge in [-0.05, 0) is 36.8 Å². The van der Waals surface area contributed by atoms with Crippen molar-refractivity contribution in [3.63, 3.8) is 0 Å². The number of carbonyl (C=O) groups is 2. The Labute approximate surface area is 167 Å². The van der Waals surface area contributed by atoms with E-state index in [4.69, 9.17) is 25.5 Å². The van der Waals surface area contributed by atoms with Gasteiger partial charge in [0.1, 0.15) is 23.3 Å². The Morgan fingerprint density at radius 2 is 2.07 bits per heavy atom. The summed E-state index contributed by atoms with van der Waals surface area (Å²) in [5.41, 5.74) is 0.260. The van der Waals surface area contributed by atoms with Crippen molar-refractivity contribution < 1.29 is 28.6 Å². The van der Waals surface area contributed by atoms with E-state index in [2.05, 4.69) is 0 Å². The van der Waals surface area contributed by atoms with Crippen molar-refractivity contribution in [3.05, 3.63) is 58.5 Å². The number of rotatable bonds is 7. The van der Waals surface area contributed by atoms with E-state index in [1.165, 1.54) is 24.3 Å². The first-order chi connectivity index (χ1) is 13.5.